The van der Waals surface area contributed by atoms with Gasteiger partial charge in [0.25, 0.3) is 8.32 Å². The van der Waals surface area contributed by atoms with E-state index in [1.54, 1.807) is 0 Å². The smallest absolute Gasteiger partial charge is 0.261 e. The van der Waals surface area contributed by atoms with Crippen LogP contribution in [0.25, 0.3) is 0 Å². The molecular formula is C40H62O3Si2. The molecule has 3 nitrogen and oxygen atoms in total. The third-order valence-corrected chi connectivity index (χ3v) is 24.2. The van der Waals surface area contributed by atoms with E-state index in [4.69, 9.17) is 8.85 Å². The van der Waals surface area contributed by atoms with Crippen LogP contribution in [0.3, 0.4) is 0 Å². The zero-order chi connectivity index (χ0) is 32.9. The molecule has 0 saturated heterocycles. The quantitative estimate of drug-likeness (QED) is 0.180. The van der Waals surface area contributed by atoms with Gasteiger partial charge in [0, 0.05) is 18.6 Å². The molecule has 5 rings (SSSR count). The number of carbonyl (C=O) groups excluding carboxylic acids is 1. The van der Waals surface area contributed by atoms with Crippen LogP contribution in [-0.4, -0.2) is 35.6 Å². The van der Waals surface area contributed by atoms with E-state index in [-0.39, 0.29) is 22.3 Å². The Balaban J connectivity index is 1.57. The van der Waals surface area contributed by atoms with Gasteiger partial charge in [-0.05, 0) is 86.3 Å². The molecule has 0 amide bonds. The average molecular weight is 647 g/mol. The molecule has 2 aromatic carbocycles. The van der Waals surface area contributed by atoms with Gasteiger partial charge in [0.15, 0.2) is 0 Å². The fraction of sp³-hybridized carbons (Fsp3) is 0.675. The third-order valence-electron chi connectivity index (χ3n) is 13.1. The summed E-state index contributed by atoms with van der Waals surface area (Å²) in [6.45, 7) is 27.1. The van der Waals surface area contributed by atoms with Gasteiger partial charge in [0.2, 0.25) is 8.32 Å². The molecule has 5 heteroatoms. The Morgan fingerprint density at radius 2 is 1.36 bits per heavy atom. The molecule has 45 heavy (non-hydrogen) atoms. The maximum Gasteiger partial charge on any atom is 0.261 e. The minimum atomic E-state index is -2.73. The summed E-state index contributed by atoms with van der Waals surface area (Å²) in [6, 6.07) is 22.0. The zero-order valence-electron chi connectivity index (χ0n) is 30.2. The monoisotopic (exact) mass is 646 g/mol. The summed E-state index contributed by atoms with van der Waals surface area (Å²) < 4.78 is 15.3. The lowest BCUT2D eigenvalue weighted by Crippen LogP contribution is -2.67. The van der Waals surface area contributed by atoms with E-state index >= 15 is 0 Å². The predicted octanol–water partition coefficient (Wildman–Crippen LogP) is 9.26. The summed E-state index contributed by atoms with van der Waals surface area (Å²) in [4.78, 5) is 13.2. The van der Waals surface area contributed by atoms with E-state index < -0.39 is 16.6 Å². The first-order valence-electron chi connectivity index (χ1n) is 18.0. The van der Waals surface area contributed by atoms with E-state index in [0.29, 0.717) is 53.0 Å². The first-order chi connectivity index (χ1) is 21.2. The zero-order valence-corrected chi connectivity index (χ0v) is 32.2. The molecule has 8 atom stereocenters. The van der Waals surface area contributed by atoms with Crippen molar-refractivity contribution in [2.75, 3.05) is 6.61 Å². The van der Waals surface area contributed by atoms with Crippen molar-refractivity contribution in [1.82, 2.24) is 0 Å². The van der Waals surface area contributed by atoms with Crippen LogP contribution in [0, 0.1) is 40.9 Å². The molecule has 3 fully saturated rings. The molecule has 2 aromatic rings. The molecule has 0 aromatic heterocycles. The normalized spacial score (nSPS) is 32.0. The van der Waals surface area contributed by atoms with Crippen molar-refractivity contribution in [2.45, 2.75) is 123 Å². The van der Waals surface area contributed by atoms with Crippen molar-refractivity contribution >= 4 is 33.3 Å². The van der Waals surface area contributed by atoms with Crippen molar-refractivity contribution in [2.24, 2.45) is 40.9 Å². The van der Waals surface area contributed by atoms with Gasteiger partial charge in [-0.15, -0.1) is 0 Å². The number of fused-ring (bicyclic) bond motifs is 3. The van der Waals surface area contributed by atoms with E-state index in [9.17, 15) is 4.79 Å². The van der Waals surface area contributed by atoms with Crippen LogP contribution in [0.1, 0.15) is 95.4 Å². The Hall–Kier alpha value is -1.54. The number of hydrogen-bond donors (Lipinski definition) is 0. The summed E-state index contributed by atoms with van der Waals surface area (Å²) in [6.07, 6.45) is 5.11. The number of rotatable bonds is 11. The van der Waals surface area contributed by atoms with E-state index in [2.05, 4.69) is 137 Å². The van der Waals surface area contributed by atoms with Crippen molar-refractivity contribution in [1.29, 1.82) is 0 Å². The summed E-state index contributed by atoms with van der Waals surface area (Å²) >= 11 is 0. The molecule has 0 spiro atoms. The first-order valence-corrected chi connectivity index (χ1v) is 22.1. The number of aldehydes is 1. The Kier molecular flexibility index (Phi) is 9.91. The molecule has 3 aliphatic rings. The van der Waals surface area contributed by atoms with Gasteiger partial charge in [-0.25, -0.2) is 0 Å². The minimum Gasteiger partial charge on any atom is -0.413 e. The van der Waals surface area contributed by atoms with Crippen molar-refractivity contribution in [3.8, 4) is 0 Å². The highest BCUT2D eigenvalue weighted by Crippen LogP contribution is 2.71. The van der Waals surface area contributed by atoms with Crippen molar-refractivity contribution in [3.63, 3.8) is 0 Å². The van der Waals surface area contributed by atoms with Crippen LogP contribution in [0.4, 0.5) is 0 Å². The second kappa shape index (κ2) is 12.8. The molecule has 0 aliphatic heterocycles. The van der Waals surface area contributed by atoms with Crippen LogP contribution < -0.4 is 10.4 Å². The van der Waals surface area contributed by atoms with Gasteiger partial charge >= 0.3 is 0 Å². The molecular weight excluding hydrogens is 585 g/mol. The standard InChI is InChI=1S/C40H62O3Si2/c1-27(2)44(28(3)4,29(5)6)43-36-23-22-30(7)37-33(35(25-41)40(11)24-34(40)38(36)37)26-42-45(39(8,9)10,31-18-14-12-15-19-31)32-20-16-13-17-21-32/h12-21,25,27-30,33-38H,22-24,26H2,1-11H3/t30-,33+,34+,35-,36-,37-,38-,40+/m0/s1. The minimum absolute atomic E-state index is 0.0328. The van der Waals surface area contributed by atoms with Gasteiger partial charge < -0.3 is 13.6 Å². The maximum absolute atomic E-state index is 13.2. The highest BCUT2D eigenvalue weighted by molar-refractivity contribution is 6.99. The Morgan fingerprint density at radius 1 is 0.844 bits per heavy atom. The second-order valence-electron chi connectivity index (χ2n) is 17.3. The molecule has 0 radical (unpaired) electrons. The lowest BCUT2D eigenvalue weighted by Gasteiger charge is -2.56. The highest BCUT2D eigenvalue weighted by Gasteiger charge is 2.69. The first kappa shape index (κ1) is 34.8. The molecule has 248 valence electrons. The summed E-state index contributed by atoms with van der Waals surface area (Å²) in [5.74, 6) is 2.32. The largest absolute Gasteiger partial charge is 0.413 e. The Bertz CT molecular complexity index is 1220. The lowest BCUT2D eigenvalue weighted by atomic mass is 9.55. The fourth-order valence-corrected chi connectivity index (χ4v) is 21.3. The molecule has 0 bridgehead atoms. The fourth-order valence-electron chi connectivity index (χ4n) is 11.0. The van der Waals surface area contributed by atoms with E-state index in [1.807, 2.05) is 0 Å². The Labute approximate surface area is 277 Å². The van der Waals surface area contributed by atoms with Gasteiger partial charge in [0.1, 0.15) is 6.29 Å². The SMILES string of the molecule is CC(C)[Si](O[C@H]1CC[C@H](C)[C@H]2[C@H](CO[Si](c3ccccc3)(c3ccccc3)C(C)(C)C)[C@H](C=O)[C@]3(C)C[C@@H]3[C@H]21)(C(C)C)C(C)C. The average Bonchev–Trinajstić information content (AvgIpc) is 3.68. The second-order valence-corrected chi connectivity index (χ2v) is 27.0. The van der Waals surface area contributed by atoms with Crippen LogP contribution >= 0.6 is 0 Å². The van der Waals surface area contributed by atoms with Gasteiger partial charge in [-0.3, -0.25) is 0 Å². The van der Waals surface area contributed by atoms with Crippen molar-refractivity contribution < 1.29 is 13.6 Å². The van der Waals surface area contributed by atoms with Gasteiger partial charge in [0.05, 0.1) is 0 Å². The lowest BCUT2D eigenvalue weighted by molar-refractivity contribution is -0.128. The van der Waals surface area contributed by atoms with E-state index in [1.165, 1.54) is 23.1 Å². The molecule has 3 saturated carbocycles. The maximum atomic E-state index is 13.2. The van der Waals surface area contributed by atoms with Gasteiger partial charge in [-0.2, -0.15) is 0 Å². The third kappa shape index (κ3) is 5.70. The van der Waals surface area contributed by atoms with Crippen LogP contribution in [-0.2, 0) is 13.6 Å². The molecule has 0 unspecified atom stereocenters. The van der Waals surface area contributed by atoms with Crippen LogP contribution in [0.15, 0.2) is 60.7 Å². The number of hydrogen-bond acceptors (Lipinski definition) is 3. The molecule has 0 heterocycles. The summed E-state index contributed by atoms with van der Waals surface area (Å²) in [5.41, 5.74) is 1.77. The van der Waals surface area contributed by atoms with Crippen LogP contribution in [0.2, 0.25) is 21.7 Å². The van der Waals surface area contributed by atoms with Gasteiger partial charge in [-0.1, -0.05) is 137 Å². The number of benzene rings is 2. The molecule has 0 N–H and O–H groups in total. The van der Waals surface area contributed by atoms with E-state index in [0.717, 1.165) is 12.8 Å². The summed E-state index contributed by atoms with van der Waals surface area (Å²) in [5, 5.41) is 2.54. The number of carbonyl (C=O) groups is 1. The predicted molar refractivity (Wildman–Crippen MR) is 194 cm³/mol. The molecule has 3 aliphatic carbocycles. The summed E-state index contributed by atoms with van der Waals surface area (Å²) in [7, 11) is -4.78. The van der Waals surface area contributed by atoms with Crippen molar-refractivity contribution in [3.05, 3.63) is 60.7 Å². The highest BCUT2D eigenvalue weighted by atomic mass is 28.4. The Morgan fingerprint density at radius 3 is 1.80 bits per heavy atom. The topological polar surface area (TPSA) is 35.5 Å². The van der Waals surface area contributed by atoms with Crippen LogP contribution in [0.5, 0.6) is 0 Å².